The zero-order valence-corrected chi connectivity index (χ0v) is 11.4. The van der Waals surface area contributed by atoms with E-state index in [1.165, 1.54) is 0 Å². The molecule has 4 heteroatoms. The standard InChI is InChI=1S/C14H17NO2S/c1-3-13(16)11-4-6-12(7-5-11)17-8-14-15-10(2)9-18-14/h4-7,9,13,16H,3,8H2,1-2H3/t13-/m0/s1. The van der Waals surface area contributed by atoms with Crippen molar-refractivity contribution in [3.8, 4) is 5.75 Å². The largest absolute Gasteiger partial charge is 0.486 e. The summed E-state index contributed by atoms with van der Waals surface area (Å²) < 4.78 is 5.64. The first-order valence-corrected chi connectivity index (χ1v) is 6.89. The number of ether oxygens (including phenoxy) is 1. The molecule has 18 heavy (non-hydrogen) atoms. The Balaban J connectivity index is 1.94. The van der Waals surface area contributed by atoms with E-state index in [2.05, 4.69) is 4.98 Å². The van der Waals surface area contributed by atoms with Gasteiger partial charge in [0.25, 0.3) is 0 Å². The fourth-order valence-corrected chi connectivity index (χ4v) is 2.32. The molecule has 0 spiro atoms. The van der Waals surface area contributed by atoms with E-state index in [0.29, 0.717) is 6.61 Å². The Labute approximate surface area is 111 Å². The van der Waals surface area contributed by atoms with Crippen LogP contribution in [-0.2, 0) is 6.61 Å². The summed E-state index contributed by atoms with van der Waals surface area (Å²) in [5, 5.41) is 12.7. The zero-order chi connectivity index (χ0) is 13.0. The van der Waals surface area contributed by atoms with Crippen LogP contribution in [0.15, 0.2) is 29.6 Å². The topological polar surface area (TPSA) is 42.4 Å². The van der Waals surface area contributed by atoms with Gasteiger partial charge in [0.05, 0.1) is 6.10 Å². The van der Waals surface area contributed by atoms with Gasteiger partial charge in [-0.2, -0.15) is 0 Å². The minimum absolute atomic E-state index is 0.388. The molecule has 1 aromatic heterocycles. The van der Waals surface area contributed by atoms with Gasteiger partial charge in [-0.3, -0.25) is 0 Å². The van der Waals surface area contributed by atoms with Crippen LogP contribution < -0.4 is 4.74 Å². The lowest BCUT2D eigenvalue weighted by atomic mass is 10.1. The molecule has 0 aliphatic heterocycles. The Morgan fingerprint density at radius 2 is 2.06 bits per heavy atom. The lowest BCUT2D eigenvalue weighted by Crippen LogP contribution is -1.97. The molecule has 2 aromatic rings. The summed E-state index contributed by atoms with van der Waals surface area (Å²) in [7, 11) is 0. The molecular weight excluding hydrogens is 246 g/mol. The van der Waals surface area contributed by atoms with Crippen molar-refractivity contribution in [2.75, 3.05) is 0 Å². The first-order valence-electron chi connectivity index (χ1n) is 6.01. The molecule has 1 atom stereocenters. The highest BCUT2D eigenvalue weighted by atomic mass is 32.1. The van der Waals surface area contributed by atoms with Crippen molar-refractivity contribution in [3.63, 3.8) is 0 Å². The van der Waals surface area contributed by atoms with E-state index in [9.17, 15) is 5.11 Å². The van der Waals surface area contributed by atoms with Crippen LogP contribution in [0.4, 0.5) is 0 Å². The third-order valence-electron chi connectivity index (χ3n) is 2.68. The Morgan fingerprint density at radius 3 is 2.61 bits per heavy atom. The number of aliphatic hydroxyl groups excluding tert-OH is 1. The summed E-state index contributed by atoms with van der Waals surface area (Å²) in [6, 6.07) is 7.57. The molecule has 0 saturated carbocycles. The number of rotatable bonds is 5. The van der Waals surface area contributed by atoms with Gasteiger partial charge in [0, 0.05) is 11.1 Å². The highest BCUT2D eigenvalue weighted by Gasteiger charge is 2.05. The third kappa shape index (κ3) is 3.31. The first kappa shape index (κ1) is 13.1. The Kier molecular flexibility index (Phi) is 4.33. The van der Waals surface area contributed by atoms with Crippen LogP contribution in [0.5, 0.6) is 5.75 Å². The van der Waals surface area contributed by atoms with E-state index in [1.54, 1.807) is 11.3 Å². The van der Waals surface area contributed by atoms with Crippen LogP contribution >= 0.6 is 11.3 Å². The summed E-state index contributed by atoms with van der Waals surface area (Å²) >= 11 is 1.60. The number of aryl methyl sites for hydroxylation is 1. The predicted octanol–water partition coefficient (Wildman–Crippen LogP) is 3.47. The maximum atomic E-state index is 9.68. The second kappa shape index (κ2) is 5.98. The molecule has 96 valence electrons. The molecule has 0 bridgehead atoms. The van der Waals surface area contributed by atoms with Crippen molar-refractivity contribution in [1.82, 2.24) is 4.98 Å². The average molecular weight is 263 g/mol. The number of hydrogen-bond acceptors (Lipinski definition) is 4. The zero-order valence-electron chi connectivity index (χ0n) is 10.6. The van der Waals surface area contributed by atoms with Crippen LogP contribution in [-0.4, -0.2) is 10.1 Å². The van der Waals surface area contributed by atoms with E-state index in [-0.39, 0.29) is 6.10 Å². The van der Waals surface area contributed by atoms with Crippen LogP contribution in [0.25, 0.3) is 0 Å². The second-order valence-corrected chi connectivity index (χ2v) is 5.11. The van der Waals surface area contributed by atoms with Gasteiger partial charge >= 0.3 is 0 Å². The molecule has 0 aliphatic rings. The van der Waals surface area contributed by atoms with Crippen molar-refractivity contribution in [2.24, 2.45) is 0 Å². The summed E-state index contributed by atoms with van der Waals surface area (Å²) in [4.78, 5) is 4.34. The molecule has 0 fully saturated rings. The Bertz CT molecular complexity index is 493. The number of hydrogen-bond donors (Lipinski definition) is 1. The minimum atomic E-state index is -0.388. The maximum absolute atomic E-state index is 9.68. The lowest BCUT2D eigenvalue weighted by Gasteiger charge is -2.09. The van der Waals surface area contributed by atoms with E-state index >= 15 is 0 Å². The van der Waals surface area contributed by atoms with Crippen molar-refractivity contribution < 1.29 is 9.84 Å². The van der Waals surface area contributed by atoms with Crippen molar-refractivity contribution in [2.45, 2.75) is 33.0 Å². The SMILES string of the molecule is CC[C@H](O)c1ccc(OCc2nc(C)cs2)cc1. The molecule has 1 aromatic carbocycles. The fraction of sp³-hybridized carbons (Fsp3) is 0.357. The van der Waals surface area contributed by atoms with Gasteiger partial charge < -0.3 is 9.84 Å². The molecule has 0 amide bonds. The Morgan fingerprint density at radius 1 is 1.33 bits per heavy atom. The quantitative estimate of drug-likeness (QED) is 0.898. The molecule has 1 N–H and O–H groups in total. The number of aliphatic hydroxyl groups is 1. The smallest absolute Gasteiger partial charge is 0.140 e. The Hall–Kier alpha value is -1.39. The lowest BCUT2D eigenvalue weighted by molar-refractivity contribution is 0.173. The summed E-state index contributed by atoms with van der Waals surface area (Å²) in [5.74, 6) is 0.801. The van der Waals surface area contributed by atoms with Gasteiger partial charge in [-0.1, -0.05) is 19.1 Å². The normalized spacial score (nSPS) is 12.4. The highest BCUT2D eigenvalue weighted by molar-refractivity contribution is 7.09. The third-order valence-corrected chi connectivity index (χ3v) is 3.62. The van der Waals surface area contributed by atoms with Gasteiger partial charge in [-0.25, -0.2) is 4.98 Å². The molecule has 1 heterocycles. The molecule has 0 aliphatic carbocycles. The van der Waals surface area contributed by atoms with E-state index in [4.69, 9.17) is 4.74 Å². The molecule has 2 rings (SSSR count). The molecule has 3 nitrogen and oxygen atoms in total. The van der Waals surface area contributed by atoms with Gasteiger partial charge in [0.1, 0.15) is 17.4 Å². The van der Waals surface area contributed by atoms with Crippen LogP contribution in [0.3, 0.4) is 0 Å². The number of benzene rings is 1. The van der Waals surface area contributed by atoms with E-state index < -0.39 is 0 Å². The van der Waals surface area contributed by atoms with E-state index in [0.717, 1.165) is 28.4 Å². The maximum Gasteiger partial charge on any atom is 0.140 e. The molecular formula is C14H17NO2S. The number of thiazole rings is 1. The predicted molar refractivity (Wildman–Crippen MR) is 72.9 cm³/mol. The highest BCUT2D eigenvalue weighted by Crippen LogP contribution is 2.21. The van der Waals surface area contributed by atoms with Crippen LogP contribution in [0.1, 0.15) is 35.7 Å². The van der Waals surface area contributed by atoms with Gasteiger partial charge in [-0.15, -0.1) is 11.3 Å². The molecule has 0 radical (unpaired) electrons. The van der Waals surface area contributed by atoms with Crippen LogP contribution in [0, 0.1) is 6.92 Å². The summed E-state index contributed by atoms with van der Waals surface area (Å²) in [6.07, 6.45) is 0.333. The average Bonchev–Trinajstić information content (AvgIpc) is 2.82. The monoisotopic (exact) mass is 263 g/mol. The molecule has 0 unspecified atom stereocenters. The first-order chi connectivity index (χ1) is 8.69. The summed E-state index contributed by atoms with van der Waals surface area (Å²) in [6.45, 7) is 4.43. The second-order valence-electron chi connectivity index (χ2n) is 4.16. The minimum Gasteiger partial charge on any atom is -0.486 e. The number of aromatic nitrogens is 1. The van der Waals surface area contributed by atoms with Crippen molar-refractivity contribution >= 4 is 11.3 Å². The molecule has 0 saturated heterocycles. The van der Waals surface area contributed by atoms with Crippen molar-refractivity contribution in [3.05, 3.63) is 45.9 Å². The van der Waals surface area contributed by atoms with Gasteiger partial charge in [-0.05, 0) is 31.0 Å². The summed E-state index contributed by atoms with van der Waals surface area (Å²) in [5.41, 5.74) is 1.95. The van der Waals surface area contributed by atoms with E-state index in [1.807, 2.05) is 43.5 Å². The van der Waals surface area contributed by atoms with Crippen molar-refractivity contribution in [1.29, 1.82) is 0 Å². The van der Waals surface area contributed by atoms with Gasteiger partial charge in [0.15, 0.2) is 0 Å². The van der Waals surface area contributed by atoms with Crippen LogP contribution in [0.2, 0.25) is 0 Å². The fourth-order valence-electron chi connectivity index (χ4n) is 1.64. The number of nitrogens with zero attached hydrogens (tertiary/aromatic N) is 1. The van der Waals surface area contributed by atoms with Gasteiger partial charge in [0.2, 0.25) is 0 Å².